The van der Waals surface area contributed by atoms with Crippen LogP contribution in [-0.2, 0) is 6.54 Å². The topological polar surface area (TPSA) is 37.0 Å². The third-order valence-electron chi connectivity index (χ3n) is 3.81. The minimum absolute atomic E-state index is 0.411. The maximum absolute atomic E-state index is 4.27. The summed E-state index contributed by atoms with van der Waals surface area (Å²) in [6.07, 6.45) is 2.63. The van der Waals surface area contributed by atoms with Gasteiger partial charge in [-0.25, -0.2) is 4.98 Å². The molecular formula is C13H23N3S. The van der Waals surface area contributed by atoms with Crippen LogP contribution < -0.4 is 10.6 Å². The van der Waals surface area contributed by atoms with E-state index in [0.29, 0.717) is 11.5 Å². The summed E-state index contributed by atoms with van der Waals surface area (Å²) in [7, 11) is 0. The summed E-state index contributed by atoms with van der Waals surface area (Å²) in [6, 6.07) is 0.587. The van der Waals surface area contributed by atoms with Gasteiger partial charge in [0, 0.05) is 24.0 Å². The molecule has 0 saturated carbocycles. The van der Waals surface area contributed by atoms with Crippen molar-refractivity contribution in [2.45, 2.75) is 46.2 Å². The first kappa shape index (κ1) is 13.0. The number of nitrogens with one attached hydrogen (secondary N) is 2. The summed E-state index contributed by atoms with van der Waals surface area (Å²) in [6.45, 7) is 9.97. The lowest BCUT2D eigenvalue weighted by atomic mass is 9.77. The van der Waals surface area contributed by atoms with Crippen LogP contribution in [0.4, 0.5) is 0 Å². The SMILES string of the molecule is Cc1ncsc1CNCC1NCCCC1(C)C. The van der Waals surface area contributed by atoms with Gasteiger partial charge < -0.3 is 10.6 Å². The molecule has 1 saturated heterocycles. The van der Waals surface area contributed by atoms with Crippen LogP contribution in [0.2, 0.25) is 0 Å². The average Bonchev–Trinajstić information content (AvgIpc) is 2.67. The molecule has 1 aromatic heterocycles. The number of piperidine rings is 1. The van der Waals surface area contributed by atoms with E-state index in [4.69, 9.17) is 0 Å². The van der Waals surface area contributed by atoms with Gasteiger partial charge in [0.15, 0.2) is 0 Å². The zero-order chi connectivity index (χ0) is 12.3. The van der Waals surface area contributed by atoms with Crippen LogP contribution in [0.25, 0.3) is 0 Å². The van der Waals surface area contributed by atoms with Crippen molar-refractivity contribution in [1.82, 2.24) is 15.6 Å². The number of nitrogens with zero attached hydrogens (tertiary/aromatic N) is 1. The lowest BCUT2D eigenvalue weighted by molar-refractivity contribution is 0.176. The molecule has 2 heterocycles. The first-order valence-corrected chi connectivity index (χ1v) is 7.30. The van der Waals surface area contributed by atoms with Crippen molar-refractivity contribution in [2.24, 2.45) is 5.41 Å². The number of hydrogen-bond donors (Lipinski definition) is 2. The standard InChI is InChI=1S/C13H23N3S/c1-10-11(17-9-16-10)7-14-8-12-13(2,3)5-4-6-15-12/h9,12,14-15H,4-8H2,1-3H3. The number of aryl methyl sites for hydroxylation is 1. The van der Waals surface area contributed by atoms with Crippen molar-refractivity contribution >= 4 is 11.3 Å². The summed E-state index contributed by atoms with van der Waals surface area (Å²) < 4.78 is 0. The fourth-order valence-corrected chi connectivity index (χ4v) is 3.19. The molecule has 17 heavy (non-hydrogen) atoms. The molecule has 0 aliphatic carbocycles. The van der Waals surface area contributed by atoms with E-state index in [1.54, 1.807) is 11.3 Å². The van der Waals surface area contributed by atoms with Gasteiger partial charge in [-0.3, -0.25) is 0 Å². The quantitative estimate of drug-likeness (QED) is 0.864. The molecule has 0 radical (unpaired) electrons. The Balaban J connectivity index is 1.80. The highest BCUT2D eigenvalue weighted by atomic mass is 32.1. The van der Waals surface area contributed by atoms with Gasteiger partial charge in [0.1, 0.15) is 0 Å². The second kappa shape index (κ2) is 5.46. The Bertz CT molecular complexity index is 359. The molecule has 96 valence electrons. The van der Waals surface area contributed by atoms with E-state index in [9.17, 15) is 0 Å². The van der Waals surface area contributed by atoms with Crippen LogP contribution in [0.3, 0.4) is 0 Å². The Hall–Kier alpha value is -0.450. The van der Waals surface area contributed by atoms with Gasteiger partial charge in [-0.2, -0.15) is 0 Å². The molecule has 2 N–H and O–H groups in total. The summed E-state index contributed by atoms with van der Waals surface area (Å²) in [5.41, 5.74) is 3.50. The molecule has 1 atom stereocenters. The van der Waals surface area contributed by atoms with Crippen LogP contribution in [0.5, 0.6) is 0 Å². The molecule has 0 amide bonds. The lowest BCUT2D eigenvalue weighted by Gasteiger charge is -2.39. The highest BCUT2D eigenvalue weighted by molar-refractivity contribution is 7.09. The monoisotopic (exact) mass is 253 g/mol. The van der Waals surface area contributed by atoms with Crippen LogP contribution in [0.15, 0.2) is 5.51 Å². The van der Waals surface area contributed by atoms with E-state index >= 15 is 0 Å². The molecular weight excluding hydrogens is 230 g/mol. The Morgan fingerprint density at radius 2 is 2.41 bits per heavy atom. The zero-order valence-corrected chi connectivity index (χ0v) is 11.9. The van der Waals surface area contributed by atoms with Gasteiger partial charge in [-0.05, 0) is 31.7 Å². The van der Waals surface area contributed by atoms with E-state index in [1.165, 1.54) is 23.4 Å². The molecule has 2 rings (SSSR count). The third-order valence-corrected chi connectivity index (χ3v) is 4.75. The predicted molar refractivity (Wildman–Crippen MR) is 73.4 cm³/mol. The van der Waals surface area contributed by atoms with E-state index < -0.39 is 0 Å². The Morgan fingerprint density at radius 1 is 1.59 bits per heavy atom. The molecule has 1 unspecified atom stereocenters. The minimum atomic E-state index is 0.411. The highest BCUT2D eigenvalue weighted by Crippen LogP contribution is 2.29. The molecule has 1 aliphatic rings. The summed E-state index contributed by atoms with van der Waals surface area (Å²) >= 11 is 1.74. The summed E-state index contributed by atoms with van der Waals surface area (Å²) in [5.74, 6) is 0. The van der Waals surface area contributed by atoms with Crippen LogP contribution in [-0.4, -0.2) is 24.1 Å². The molecule has 1 aromatic rings. The van der Waals surface area contributed by atoms with Crippen molar-refractivity contribution in [3.63, 3.8) is 0 Å². The molecule has 0 aromatic carbocycles. The Kier molecular flexibility index (Phi) is 4.17. The van der Waals surface area contributed by atoms with Crippen LogP contribution in [0.1, 0.15) is 37.3 Å². The first-order chi connectivity index (χ1) is 8.09. The third kappa shape index (κ3) is 3.27. The maximum atomic E-state index is 4.27. The smallest absolute Gasteiger partial charge is 0.0798 e. The summed E-state index contributed by atoms with van der Waals surface area (Å²) in [5, 5.41) is 7.19. The van der Waals surface area contributed by atoms with E-state index in [1.807, 2.05) is 5.51 Å². The normalized spacial score (nSPS) is 23.8. The van der Waals surface area contributed by atoms with E-state index in [0.717, 1.165) is 19.6 Å². The van der Waals surface area contributed by atoms with Crippen molar-refractivity contribution in [3.8, 4) is 0 Å². The molecule has 1 fully saturated rings. The lowest BCUT2D eigenvalue weighted by Crippen LogP contribution is -2.51. The molecule has 4 heteroatoms. The minimum Gasteiger partial charge on any atom is -0.312 e. The fourth-order valence-electron chi connectivity index (χ4n) is 2.45. The largest absolute Gasteiger partial charge is 0.312 e. The maximum Gasteiger partial charge on any atom is 0.0798 e. The molecule has 0 bridgehead atoms. The first-order valence-electron chi connectivity index (χ1n) is 6.42. The molecule has 1 aliphatic heterocycles. The van der Waals surface area contributed by atoms with E-state index in [-0.39, 0.29) is 0 Å². The van der Waals surface area contributed by atoms with Gasteiger partial charge in [0.05, 0.1) is 11.2 Å². The Morgan fingerprint density at radius 3 is 3.06 bits per heavy atom. The fraction of sp³-hybridized carbons (Fsp3) is 0.769. The van der Waals surface area contributed by atoms with Gasteiger partial charge >= 0.3 is 0 Å². The van der Waals surface area contributed by atoms with Crippen molar-refractivity contribution in [2.75, 3.05) is 13.1 Å². The number of thiazole rings is 1. The summed E-state index contributed by atoms with van der Waals surface area (Å²) in [4.78, 5) is 5.63. The predicted octanol–water partition coefficient (Wildman–Crippen LogP) is 2.32. The molecule has 3 nitrogen and oxygen atoms in total. The van der Waals surface area contributed by atoms with Gasteiger partial charge in [-0.1, -0.05) is 13.8 Å². The number of rotatable bonds is 4. The van der Waals surface area contributed by atoms with Gasteiger partial charge in [-0.15, -0.1) is 11.3 Å². The van der Waals surface area contributed by atoms with Crippen molar-refractivity contribution in [3.05, 3.63) is 16.1 Å². The second-order valence-corrected chi connectivity index (χ2v) is 6.53. The van der Waals surface area contributed by atoms with Crippen molar-refractivity contribution < 1.29 is 0 Å². The van der Waals surface area contributed by atoms with Crippen molar-refractivity contribution in [1.29, 1.82) is 0 Å². The van der Waals surface area contributed by atoms with Gasteiger partial charge in [0.2, 0.25) is 0 Å². The van der Waals surface area contributed by atoms with Crippen LogP contribution in [0, 0.1) is 12.3 Å². The molecule has 0 spiro atoms. The highest BCUT2D eigenvalue weighted by Gasteiger charge is 2.31. The zero-order valence-electron chi connectivity index (χ0n) is 11.0. The average molecular weight is 253 g/mol. The van der Waals surface area contributed by atoms with Crippen LogP contribution >= 0.6 is 11.3 Å². The Labute approximate surface area is 108 Å². The van der Waals surface area contributed by atoms with E-state index in [2.05, 4.69) is 36.4 Å². The second-order valence-electron chi connectivity index (χ2n) is 5.59. The number of hydrogen-bond acceptors (Lipinski definition) is 4. The number of aromatic nitrogens is 1. The van der Waals surface area contributed by atoms with Gasteiger partial charge in [0.25, 0.3) is 0 Å².